The summed E-state index contributed by atoms with van der Waals surface area (Å²) in [5.74, 6) is 0.585. The van der Waals surface area contributed by atoms with Crippen molar-refractivity contribution in [2.75, 3.05) is 5.73 Å². The highest BCUT2D eigenvalue weighted by Crippen LogP contribution is 1.98. The number of nitrogen functional groups attached to an aromatic ring is 1. The van der Waals surface area contributed by atoms with E-state index in [0.717, 1.165) is 12.1 Å². The molecule has 0 spiro atoms. The van der Waals surface area contributed by atoms with Crippen LogP contribution in [-0.4, -0.2) is 15.1 Å². The molecule has 0 aliphatic carbocycles. The van der Waals surface area contributed by atoms with Crippen molar-refractivity contribution < 1.29 is 4.68 Å². The van der Waals surface area contributed by atoms with Crippen molar-refractivity contribution in [2.45, 2.75) is 20.0 Å². The van der Waals surface area contributed by atoms with Gasteiger partial charge in [0.25, 0.3) is 0 Å². The Balaban J connectivity index is 2.21. The smallest absolute Gasteiger partial charge is 0.306 e. The quantitative estimate of drug-likeness (QED) is 0.727. The normalized spacial score (nSPS) is 10.5. The maximum absolute atomic E-state index is 5.86. The molecule has 0 saturated carbocycles. The molecule has 5 nitrogen and oxygen atoms in total. The summed E-state index contributed by atoms with van der Waals surface area (Å²) >= 11 is 0. The standard InChI is InChI=1S/C10H13N5/c1-2-14-10(11)15(13-12-14)8-9-6-4-3-5-7-9/h3-7,11H,2,8H2,1H3/p+1. The summed E-state index contributed by atoms with van der Waals surface area (Å²) in [4.78, 5) is 0. The molecule has 1 aromatic carbocycles. The maximum atomic E-state index is 5.86. The van der Waals surface area contributed by atoms with Gasteiger partial charge in [0, 0.05) is 0 Å². The van der Waals surface area contributed by atoms with E-state index in [1.807, 2.05) is 37.3 Å². The molecule has 1 heterocycles. The number of nitrogens with two attached hydrogens (primary N) is 1. The SMILES string of the molecule is CCn1nn[n+](Cc2ccccc2)c1N. The second-order valence-electron chi connectivity index (χ2n) is 3.30. The first-order chi connectivity index (χ1) is 7.31. The lowest BCUT2D eigenvalue weighted by Gasteiger charge is -1.97. The first-order valence-electron chi connectivity index (χ1n) is 4.94. The molecule has 1 aromatic heterocycles. The number of aryl methyl sites for hydroxylation is 1. The lowest BCUT2D eigenvalue weighted by Crippen LogP contribution is -2.39. The molecule has 0 saturated heterocycles. The summed E-state index contributed by atoms with van der Waals surface area (Å²) in [6.45, 7) is 3.38. The van der Waals surface area contributed by atoms with Crippen LogP contribution in [0.5, 0.6) is 0 Å². The summed E-state index contributed by atoms with van der Waals surface area (Å²) in [6, 6.07) is 10.1. The highest BCUT2D eigenvalue weighted by Gasteiger charge is 2.13. The van der Waals surface area contributed by atoms with Gasteiger partial charge in [0.1, 0.15) is 11.8 Å². The van der Waals surface area contributed by atoms with Gasteiger partial charge in [-0.25, -0.2) is 0 Å². The Bertz CT molecular complexity index is 434. The van der Waals surface area contributed by atoms with Crippen LogP contribution >= 0.6 is 0 Å². The van der Waals surface area contributed by atoms with Gasteiger partial charge < -0.3 is 5.73 Å². The second-order valence-corrected chi connectivity index (χ2v) is 3.30. The first-order valence-corrected chi connectivity index (χ1v) is 4.94. The molecule has 0 aliphatic rings. The van der Waals surface area contributed by atoms with Gasteiger partial charge in [-0.1, -0.05) is 35.0 Å². The average molecular weight is 204 g/mol. The molecule has 0 unspecified atom stereocenters. The number of nitrogens with zero attached hydrogens (tertiary/aromatic N) is 4. The van der Waals surface area contributed by atoms with Crippen molar-refractivity contribution in [3.63, 3.8) is 0 Å². The number of aromatic nitrogens is 4. The fourth-order valence-corrected chi connectivity index (χ4v) is 1.42. The number of rotatable bonds is 3. The Kier molecular flexibility index (Phi) is 2.62. The van der Waals surface area contributed by atoms with E-state index in [4.69, 9.17) is 5.73 Å². The maximum Gasteiger partial charge on any atom is 0.362 e. The zero-order valence-electron chi connectivity index (χ0n) is 8.67. The van der Waals surface area contributed by atoms with Crippen molar-refractivity contribution in [2.24, 2.45) is 0 Å². The van der Waals surface area contributed by atoms with Crippen molar-refractivity contribution in [1.82, 2.24) is 15.1 Å². The van der Waals surface area contributed by atoms with Crippen molar-refractivity contribution in [3.05, 3.63) is 35.9 Å². The highest BCUT2D eigenvalue weighted by atomic mass is 15.6. The van der Waals surface area contributed by atoms with E-state index in [9.17, 15) is 0 Å². The first kappa shape index (κ1) is 9.64. The van der Waals surface area contributed by atoms with Crippen LogP contribution in [0, 0.1) is 0 Å². The number of hydrogen-bond acceptors (Lipinski definition) is 3. The van der Waals surface area contributed by atoms with Crippen LogP contribution in [0.3, 0.4) is 0 Å². The minimum absolute atomic E-state index is 0.585. The third-order valence-electron chi connectivity index (χ3n) is 2.26. The van der Waals surface area contributed by atoms with E-state index in [0.29, 0.717) is 12.5 Å². The minimum Gasteiger partial charge on any atom is -0.306 e. The van der Waals surface area contributed by atoms with Crippen LogP contribution in [0.25, 0.3) is 0 Å². The Morgan fingerprint density at radius 3 is 2.67 bits per heavy atom. The number of hydrogen-bond donors (Lipinski definition) is 1. The second kappa shape index (κ2) is 4.08. The molecule has 15 heavy (non-hydrogen) atoms. The third-order valence-corrected chi connectivity index (χ3v) is 2.26. The van der Waals surface area contributed by atoms with Crippen LogP contribution in [-0.2, 0) is 13.1 Å². The van der Waals surface area contributed by atoms with Gasteiger partial charge in [-0.05, 0) is 12.5 Å². The van der Waals surface area contributed by atoms with Gasteiger partial charge in [0.15, 0.2) is 0 Å². The fourth-order valence-electron chi connectivity index (χ4n) is 1.42. The monoisotopic (exact) mass is 204 g/mol. The molecule has 2 N–H and O–H groups in total. The molecular formula is C10H14N5+. The molecule has 0 aliphatic heterocycles. The largest absolute Gasteiger partial charge is 0.362 e. The van der Waals surface area contributed by atoms with Gasteiger partial charge in [0.05, 0.1) is 11.8 Å². The average Bonchev–Trinajstić information content (AvgIpc) is 2.62. The van der Waals surface area contributed by atoms with Crippen molar-refractivity contribution in [3.8, 4) is 0 Å². The molecule has 2 aromatic rings. The summed E-state index contributed by atoms with van der Waals surface area (Å²) in [7, 11) is 0. The van der Waals surface area contributed by atoms with E-state index in [2.05, 4.69) is 10.4 Å². The van der Waals surface area contributed by atoms with Gasteiger partial charge in [-0.15, -0.1) is 4.68 Å². The molecule has 0 bridgehead atoms. The number of anilines is 1. The summed E-state index contributed by atoms with van der Waals surface area (Å²) < 4.78 is 3.36. The van der Waals surface area contributed by atoms with Crippen molar-refractivity contribution in [1.29, 1.82) is 0 Å². The van der Waals surface area contributed by atoms with Crippen LogP contribution in [0.15, 0.2) is 30.3 Å². The van der Waals surface area contributed by atoms with Gasteiger partial charge >= 0.3 is 5.95 Å². The van der Waals surface area contributed by atoms with Crippen LogP contribution in [0.4, 0.5) is 5.95 Å². The molecule has 78 valence electrons. The Morgan fingerprint density at radius 2 is 2.07 bits per heavy atom. The topological polar surface area (TPSA) is 60.6 Å². The van der Waals surface area contributed by atoms with Gasteiger partial charge in [-0.3, -0.25) is 0 Å². The lowest BCUT2D eigenvalue weighted by atomic mass is 10.2. The Morgan fingerprint density at radius 1 is 1.33 bits per heavy atom. The highest BCUT2D eigenvalue weighted by molar-refractivity contribution is 5.13. The van der Waals surface area contributed by atoms with E-state index in [-0.39, 0.29) is 0 Å². The fraction of sp³-hybridized carbons (Fsp3) is 0.300. The predicted octanol–water partition coefficient (Wildman–Crippen LogP) is 0.216. The van der Waals surface area contributed by atoms with Gasteiger partial charge in [-0.2, -0.15) is 0 Å². The molecule has 5 heteroatoms. The van der Waals surface area contributed by atoms with E-state index >= 15 is 0 Å². The van der Waals surface area contributed by atoms with Gasteiger partial charge in [0.2, 0.25) is 0 Å². The molecule has 0 radical (unpaired) electrons. The molecule has 0 atom stereocenters. The summed E-state index contributed by atoms with van der Waals surface area (Å²) in [5.41, 5.74) is 7.03. The molecule has 0 amide bonds. The molecule has 2 rings (SSSR count). The third kappa shape index (κ3) is 1.96. The van der Waals surface area contributed by atoms with Crippen LogP contribution in [0.2, 0.25) is 0 Å². The van der Waals surface area contributed by atoms with Crippen LogP contribution in [0.1, 0.15) is 12.5 Å². The van der Waals surface area contributed by atoms with E-state index < -0.39 is 0 Å². The lowest BCUT2D eigenvalue weighted by molar-refractivity contribution is -0.733. The number of tetrazole rings is 1. The Labute approximate surface area is 88.1 Å². The molecule has 0 fully saturated rings. The summed E-state index contributed by atoms with van der Waals surface area (Å²) in [6.07, 6.45) is 0. The zero-order valence-corrected chi connectivity index (χ0v) is 8.67. The number of benzene rings is 1. The minimum atomic E-state index is 0.585. The van der Waals surface area contributed by atoms with E-state index in [1.165, 1.54) is 0 Å². The van der Waals surface area contributed by atoms with E-state index in [1.54, 1.807) is 9.36 Å². The zero-order chi connectivity index (χ0) is 10.7. The molecular weight excluding hydrogens is 190 g/mol. The summed E-state index contributed by atoms with van der Waals surface area (Å²) in [5, 5.41) is 7.92. The van der Waals surface area contributed by atoms with Crippen molar-refractivity contribution >= 4 is 5.95 Å². The van der Waals surface area contributed by atoms with Crippen LogP contribution < -0.4 is 10.4 Å². The Hall–Kier alpha value is -1.91. The predicted molar refractivity (Wildman–Crippen MR) is 55.8 cm³/mol.